The Balaban J connectivity index is 1.47. The minimum atomic E-state index is -3.38. The van der Waals surface area contributed by atoms with Crippen LogP contribution in [0.2, 0.25) is 0 Å². The van der Waals surface area contributed by atoms with Crippen molar-refractivity contribution >= 4 is 32.6 Å². The van der Waals surface area contributed by atoms with E-state index in [-0.39, 0.29) is 24.7 Å². The third-order valence-corrected chi connectivity index (χ3v) is 6.53. The summed E-state index contributed by atoms with van der Waals surface area (Å²) in [6, 6.07) is 13.9. The number of likely N-dealkylation sites (N-methyl/N-ethyl adjacent to an activating group) is 1. The maximum atomic E-state index is 13.1. The zero-order valence-corrected chi connectivity index (χ0v) is 20.0. The van der Waals surface area contributed by atoms with Crippen molar-refractivity contribution in [3.05, 3.63) is 60.4 Å². The van der Waals surface area contributed by atoms with Crippen LogP contribution in [0.25, 0.3) is 11.0 Å². The van der Waals surface area contributed by atoms with Gasteiger partial charge >= 0.3 is 0 Å². The van der Waals surface area contributed by atoms with E-state index in [9.17, 15) is 18.3 Å². The van der Waals surface area contributed by atoms with Crippen LogP contribution in [0.5, 0.6) is 5.75 Å². The molecule has 4 rings (SSSR count). The highest BCUT2D eigenvalue weighted by Crippen LogP contribution is 2.26. The lowest BCUT2D eigenvalue weighted by atomic mass is 10.0. The molecule has 0 saturated carbocycles. The molecule has 1 saturated heterocycles. The quantitative estimate of drug-likeness (QED) is 0.477. The van der Waals surface area contributed by atoms with Crippen LogP contribution in [-0.2, 0) is 14.8 Å². The summed E-state index contributed by atoms with van der Waals surface area (Å²) >= 11 is 0. The molecule has 0 aliphatic carbocycles. The second-order valence-electron chi connectivity index (χ2n) is 8.63. The number of likely N-dealkylation sites (tertiary alicyclic amines) is 1. The van der Waals surface area contributed by atoms with Gasteiger partial charge in [0.05, 0.1) is 24.7 Å². The van der Waals surface area contributed by atoms with Gasteiger partial charge < -0.3 is 19.2 Å². The zero-order valence-electron chi connectivity index (χ0n) is 19.2. The van der Waals surface area contributed by atoms with E-state index in [1.165, 1.54) is 0 Å². The number of sulfonamides is 1. The zero-order chi connectivity index (χ0) is 24.3. The lowest BCUT2D eigenvalue weighted by Gasteiger charge is -2.32. The van der Waals surface area contributed by atoms with Gasteiger partial charge in [0.1, 0.15) is 11.3 Å². The molecule has 2 atom stereocenters. The summed E-state index contributed by atoms with van der Waals surface area (Å²) in [6.45, 7) is 1.70. The summed E-state index contributed by atoms with van der Waals surface area (Å²) in [4.78, 5) is 16.8. The number of carbonyl (C=O) groups is 1. The molecule has 2 heterocycles. The molecular weight excluding hydrogens is 458 g/mol. The fourth-order valence-corrected chi connectivity index (χ4v) is 4.68. The average Bonchev–Trinajstić information content (AvgIpc) is 3.43. The van der Waals surface area contributed by atoms with E-state index in [4.69, 9.17) is 9.15 Å². The van der Waals surface area contributed by atoms with Crippen LogP contribution in [0, 0.1) is 0 Å². The summed E-state index contributed by atoms with van der Waals surface area (Å²) in [5.41, 5.74) is 2.06. The first-order chi connectivity index (χ1) is 16.2. The van der Waals surface area contributed by atoms with Gasteiger partial charge in [-0.2, -0.15) is 0 Å². The van der Waals surface area contributed by atoms with Gasteiger partial charge in [0.25, 0.3) is 5.91 Å². The van der Waals surface area contributed by atoms with Crippen LogP contribution in [-0.4, -0.2) is 74.9 Å². The summed E-state index contributed by atoms with van der Waals surface area (Å²) in [7, 11) is -1.65. The lowest BCUT2D eigenvalue weighted by molar-refractivity contribution is -0.134. The predicted molar refractivity (Wildman–Crippen MR) is 129 cm³/mol. The van der Waals surface area contributed by atoms with E-state index in [0.29, 0.717) is 30.9 Å². The van der Waals surface area contributed by atoms with Crippen LogP contribution < -0.4 is 9.46 Å². The maximum absolute atomic E-state index is 13.1. The van der Waals surface area contributed by atoms with Crippen molar-refractivity contribution < 1.29 is 27.5 Å². The highest BCUT2D eigenvalue weighted by molar-refractivity contribution is 7.92. The van der Waals surface area contributed by atoms with Gasteiger partial charge in [-0.05, 0) is 48.4 Å². The maximum Gasteiger partial charge on any atom is 0.260 e. The summed E-state index contributed by atoms with van der Waals surface area (Å²) in [6.07, 6.45) is 3.02. The van der Waals surface area contributed by atoms with Crippen LogP contribution >= 0.6 is 0 Å². The molecule has 2 N–H and O–H groups in total. The Hall–Kier alpha value is -3.08. The number of β-amino-alcohol motifs (C(OH)–C–C–N with tert-alkyl or cyclic N) is 1. The molecule has 182 valence electrons. The number of ether oxygens (including phenoxy) is 1. The van der Waals surface area contributed by atoms with Gasteiger partial charge in [-0.1, -0.05) is 12.1 Å². The predicted octanol–water partition coefficient (Wildman–Crippen LogP) is 2.45. The van der Waals surface area contributed by atoms with Crippen molar-refractivity contribution in [1.82, 2.24) is 9.80 Å². The van der Waals surface area contributed by atoms with E-state index in [1.807, 2.05) is 24.3 Å². The normalized spacial score (nSPS) is 17.6. The number of nitrogens with zero attached hydrogens (tertiary/aromatic N) is 2. The van der Waals surface area contributed by atoms with Crippen LogP contribution in [0.4, 0.5) is 5.69 Å². The number of carbonyl (C=O) groups excluding carboxylic acids is 1. The number of rotatable bonds is 9. The third-order valence-electron chi connectivity index (χ3n) is 5.92. The van der Waals surface area contributed by atoms with E-state index in [0.717, 1.165) is 29.3 Å². The fraction of sp³-hybridized carbons (Fsp3) is 0.375. The van der Waals surface area contributed by atoms with E-state index in [2.05, 4.69) is 9.62 Å². The van der Waals surface area contributed by atoms with Crippen LogP contribution in [0.3, 0.4) is 0 Å². The Kier molecular flexibility index (Phi) is 7.11. The molecule has 34 heavy (non-hydrogen) atoms. The van der Waals surface area contributed by atoms with E-state index < -0.39 is 10.0 Å². The molecule has 9 nitrogen and oxygen atoms in total. The fourth-order valence-electron chi connectivity index (χ4n) is 4.12. The van der Waals surface area contributed by atoms with Crippen molar-refractivity contribution in [2.24, 2.45) is 0 Å². The Morgan fingerprint density at radius 1 is 1.26 bits per heavy atom. The molecule has 10 heteroatoms. The van der Waals surface area contributed by atoms with Crippen molar-refractivity contribution in [2.45, 2.75) is 18.6 Å². The van der Waals surface area contributed by atoms with Gasteiger partial charge in [0.2, 0.25) is 10.0 Å². The topological polar surface area (TPSA) is 112 Å². The monoisotopic (exact) mass is 487 g/mol. The highest BCUT2D eigenvalue weighted by Gasteiger charge is 2.28. The standard InChI is InChI=1S/C24H29N3O6S/c1-26(24(29)16-33-21-7-8-23-18(13-21)10-12-32-23)22(15-27-11-9-20(28)14-27)17-3-5-19(6-4-17)25-34(2,30)31/h3-8,10,12-13,20,22,25,28H,9,11,14-16H2,1-2H3/t20-,22?/m0/s1. The summed E-state index contributed by atoms with van der Waals surface area (Å²) in [5.74, 6) is 0.376. The van der Waals surface area contributed by atoms with Crippen LogP contribution in [0.15, 0.2) is 59.2 Å². The molecule has 1 fully saturated rings. The second-order valence-corrected chi connectivity index (χ2v) is 10.4. The molecule has 3 aromatic rings. The van der Waals surface area contributed by atoms with Gasteiger partial charge in [-0.3, -0.25) is 14.4 Å². The Morgan fingerprint density at radius 2 is 2.03 bits per heavy atom. The average molecular weight is 488 g/mol. The Morgan fingerprint density at radius 3 is 2.71 bits per heavy atom. The van der Waals surface area contributed by atoms with E-state index >= 15 is 0 Å². The Labute approximate surface area is 199 Å². The molecule has 1 aliphatic heterocycles. The van der Waals surface area contributed by atoms with Gasteiger partial charge in [-0.15, -0.1) is 0 Å². The first-order valence-electron chi connectivity index (χ1n) is 11.0. The first kappa shape index (κ1) is 24.1. The number of benzene rings is 2. The minimum Gasteiger partial charge on any atom is -0.484 e. The molecule has 1 aliphatic rings. The van der Waals surface area contributed by atoms with Gasteiger partial charge in [0, 0.05) is 37.8 Å². The molecule has 1 amide bonds. The molecule has 1 aromatic heterocycles. The molecule has 0 spiro atoms. The number of anilines is 1. The third kappa shape index (κ3) is 6.07. The molecular formula is C24H29N3O6S. The van der Waals surface area contributed by atoms with Crippen molar-refractivity contribution in [3.63, 3.8) is 0 Å². The van der Waals surface area contributed by atoms with Crippen molar-refractivity contribution in [2.75, 3.05) is 44.3 Å². The minimum absolute atomic E-state index is 0.132. The molecule has 0 bridgehead atoms. The van der Waals surface area contributed by atoms with Gasteiger partial charge in [0.15, 0.2) is 6.61 Å². The number of hydrogen-bond donors (Lipinski definition) is 2. The smallest absolute Gasteiger partial charge is 0.260 e. The summed E-state index contributed by atoms with van der Waals surface area (Å²) in [5, 5.41) is 10.8. The van der Waals surface area contributed by atoms with E-state index in [1.54, 1.807) is 42.5 Å². The second kappa shape index (κ2) is 10.0. The lowest BCUT2D eigenvalue weighted by Crippen LogP contribution is -2.40. The molecule has 2 aromatic carbocycles. The molecule has 1 unspecified atom stereocenters. The number of fused-ring (bicyclic) bond motifs is 1. The molecule has 0 radical (unpaired) electrons. The number of hydrogen-bond acceptors (Lipinski definition) is 7. The highest BCUT2D eigenvalue weighted by atomic mass is 32.2. The first-order valence-corrected chi connectivity index (χ1v) is 12.9. The Bertz CT molecular complexity index is 1240. The number of aliphatic hydroxyl groups excluding tert-OH is 1. The SMILES string of the molecule is CN(C(=O)COc1ccc2occc2c1)C(CN1CC[C@H](O)C1)c1ccc(NS(C)(=O)=O)cc1. The van der Waals surface area contributed by atoms with Crippen molar-refractivity contribution in [3.8, 4) is 5.75 Å². The number of nitrogens with one attached hydrogen (secondary N) is 1. The number of furan rings is 1. The van der Waals surface area contributed by atoms with Crippen molar-refractivity contribution in [1.29, 1.82) is 0 Å². The number of aliphatic hydroxyl groups is 1. The van der Waals surface area contributed by atoms with Gasteiger partial charge in [-0.25, -0.2) is 8.42 Å². The van der Waals surface area contributed by atoms with Crippen LogP contribution in [0.1, 0.15) is 18.0 Å². The number of amides is 1. The summed E-state index contributed by atoms with van der Waals surface area (Å²) < 4.78 is 36.6. The largest absolute Gasteiger partial charge is 0.484 e.